The minimum Gasteiger partial charge on any atom is -0.289 e. The van der Waals surface area contributed by atoms with E-state index in [-0.39, 0.29) is 30.6 Å². The summed E-state index contributed by atoms with van der Waals surface area (Å²) in [6.07, 6.45) is 0. The second-order valence-electron chi connectivity index (χ2n) is 3.51. The van der Waals surface area contributed by atoms with Crippen molar-refractivity contribution >= 4 is 30.6 Å². The molecule has 0 aliphatic heterocycles. The van der Waals surface area contributed by atoms with E-state index in [1.807, 2.05) is 61.5 Å². The average molecular weight is 269 g/mol. The van der Waals surface area contributed by atoms with Gasteiger partial charge in [-0.2, -0.15) is 0 Å². The Morgan fingerprint density at radius 2 is 1.35 bits per heavy atom. The van der Waals surface area contributed by atoms with Crippen LogP contribution in [0.2, 0.25) is 0 Å². The van der Waals surface area contributed by atoms with E-state index in [0.717, 1.165) is 16.7 Å². The van der Waals surface area contributed by atoms with Gasteiger partial charge in [-0.15, -0.1) is 24.8 Å². The fourth-order valence-electron chi connectivity index (χ4n) is 1.57. The third-order valence-corrected chi connectivity index (χ3v) is 2.43. The Morgan fingerprint density at radius 3 is 1.94 bits per heavy atom. The molecule has 90 valence electrons. The number of ketones is 1. The van der Waals surface area contributed by atoms with Crippen LogP contribution >= 0.6 is 24.8 Å². The Balaban J connectivity index is 0.00000128. The Hall–Kier alpha value is -1.31. The monoisotopic (exact) mass is 268 g/mol. The van der Waals surface area contributed by atoms with Gasteiger partial charge in [0.15, 0.2) is 5.78 Å². The summed E-state index contributed by atoms with van der Waals surface area (Å²) in [5.41, 5.74) is 2.54. The highest BCUT2D eigenvalue weighted by Gasteiger charge is 2.09. The van der Waals surface area contributed by atoms with Gasteiger partial charge in [-0.1, -0.05) is 54.6 Å². The van der Waals surface area contributed by atoms with E-state index >= 15 is 0 Å². The van der Waals surface area contributed by atoms with Crippen molar-refractivity contribution in [2.24, 2.45) is 0 Å². The van der Waals surface area contributed by atoms with Crippen molar-refractivity contribution in [3.05, 3.63) is 71.3 Å². The van der Waals surface area contributed by atoms with Crippen LogP contribution in [0.1, 0.15) is 21.5 Å². The maximum atomic E-state index is 12.1. The van der Waals surface area contributed by atoms with Gasteiger partial charge >= 0.3 is 0 Å². The largest absolute Gasteiger partial charge is 0.289 e. The molecule has 0 unspecified atom stereocenters. The summed E-state index contributed by atoms with van der Waals surface area (Å²) in [5, 5.41) is 0. The number of rotatable bonds is 2. The molecule has 0 atom stereocenters. The van der Waals surface area contributed by atoms with Gasteiger partial charge in [0.1, 0.15) is 0 Å². The molecule has 2 rings (SSSR count). The third-order valence-electron chi connectivity index (χ3n) is 2.43. The zero-order chi connectivity index (χ0) is 10.7. The molecule has 2 aromatic rings. The Bertz CT molecular complexity index is 481. The fraction of sp³-hybridized carbons (Fsp3) is 0.0714. The van der Waals surface area contributed by atoms with E-state index < -0.39 is 0 Å². The lowest BCUT2D eigenvalue weighted by Gasteiger charge is -2.03. The molecule has 0 spiro atoms. The lowest BCUT2D eigenvalue weighted by Crippen LogP contribution is -2.02. The van der Waals surface area contributed by atoms with Gasteiger partial charge in [-0.25, -0.2) is 0 Å². The zero-order valence-electron chi connectivity index (χ0n) is 9.42. The number of carbonyl (C=O) groups is 1. The predicted molar refractivity (Wildman–Crippen MR) is 75.5 cm³/mol. The van der Waals surface area contributed by atoms with Crippen LogP contribution in [0.4, 0.5) is 0 Å². The molecular weight excluding hydrogens is 255 g/mol. The molecule has 3 heteroatoms. The van der Waals surface area contributed by atoms with Gasteiger partial charge in [0.25, 0.3) is 0 Å². The van der Waals surface area contributed by atoms with Gasteiger partial charge < -0.3 is 0 Å². The summed E-state index contributed by atoms with van der Waals surface area (Å²) < 4.78 is 0. The lowest BCUT2D eigenvalue weighted by molar-refractivity contribution is 0.103. The third kappa shape index (κ3) is 3.58. The molecule has 0 aliphatic rings. The Morgan fingerprint density at radius 1 is 0.824 bits per heavy atom. The van der Waals surface area contributed by atoms with Crippen molar-refractivity contribution in [2.75, 3.05) is 0 Å². The first-order valence-corrected chi connectivity index (χ1v) is 4.94. The van der Waals surface area contributed by atoms with Gasteiger partial charge in [0.2, 0.25) is 0 Å². The van der Waals surface area contributed by atoms with E-state index in [4.69, 9.17) is 0 Å². The summed E-state index contributed by atoms with van der Waals surface area (Å²) >= 11 is 0. The Labute approximate surface area is 114 Å². The number of halogens is 2. The van der Waals surface area contributed by atoms with E-state index in [9.17, 15) is 4.79 Å². The molecule has 0 bridgehead atoms. The average Bonchev–Trinajstić information content (AvgIpc) is 2.30. The summed E-state index contributed by atoms with van der Waals surface area (Å²) in [5.74, 6) is 0.0914. The van der Waals surface area contributed by atoms with Crippen molar-refractivity contribution in [3.63, 3.8) is 0 Å². The standard InChI is InChI=1S/C14H12O.2ClH/c1-11-7-5-6-10-13(11)14(15)12-8-3-2-4-9-12;;/h2-10H,1H3;2*1H. The first-order chi connectivity index (χ1) is 7.29. The number of hydrogen-bond donors (Lipinski definition) is 0. The molecule has 17 heavy (non-hydrogen) atoms. The van der Waals surface area contributed by atoms with E-state index in [1.54, 1.807) is 0 Å². The van der Waals surface area contributed by atoms with Crippen molar-refractivity contribution < 1.29 is 4.79 Å². The summed E-state index contributed by atoms with van der Waals surface area (Å²) in [6, 6.07) is 17.0. The lowest BCUT2D eigenvalue weighted by atomic mass is 9.99. The van der Waals surface area contributed by atoms with Crippen LogP contribution in [0.5, 0.6) is 0 Å². The molecule has 0 saturated heterocycles. The van der Waals surface area contributed by atoms with Crippen LogP contribution in [0.3, 0.4) is 0 Å². The maximum absolute atomic E-state index is 12.1. The van der Waals surface area contributed by atoms with Gasteiger partial charge in [-0.3, -0.25) is 4.79 Å². The molecule has 0 fully saturated rings. The molecule has 0 aromatic heterocycles. The fourth-order valence-corrected chi connectivity index (χ4v) is 1.57. The number of aryl methyl sites for hydroxylation is 1. The molecule has 0 N–H and O–H groups in total. The number of hydrogen-bond acceptors (Lipinski definition) is 1. The van der Waals surface area contributed by atoms with Crippen molar-refractivity contribution in [1.29, 1.82) is 0 Å². The van der Waals surface area contributed by atoms with E-state index in [1.165, 1.54) is 0 Å². The molecule has 1 nitrogen and oxygen atoms in total. The van der Waals surface area contributed by atoms with Crippen molar-refractivity contribution in [3.8, 4) is 0 Å². The Kier molecular flexibility index (Phi) is 6.55. The highest BCUT2D eigenvalue weighted by molar-refractivity contribution is 6.09. The van der Waals surface area contributed by atoms with Crippen LogP contribution in [-0.4, -0.2) is 5.78 Å². The summed E-state index contributed by atoms with van der Waals surface area (Å²) in [6.45, 7) is 1.95. The van der Waals surface area contributed by atoms with Crippen LogP contribution in [0.25, 0.3) is 0 Å². The smallest absolute Gasteiger partial charge is 0.193 e. The number of carbonyl (C=O) groups excluding carboxylic acids is 1. The van der Waals surface area contributed by atoms with Gasteiger partial charge in [-0.05, 0) is 12.5 Å². The molecule has 0 aliphatic carbocycles. The molecule has 0 saturated carbocycles. The molecule has 0 radical (unpaired) electrons. The van der Waals surface area contributed by atoms with E-state index in [2.05, 4.69) is 0 Å². The number of benzene rings is 2. The molecule has 0 amide bonds. The van der Waals surface area contributed by atoms with Gasteiger partial charge in [0.05, 0.1) is 0 Å². The molecule has 0 heterocycles. The van der Waals surface area contributed by atoms with Gasteiger partial charge in [0, 0.05) is 11.1 Å². The highest BCUT2D eigenvalue weighted by atomic mass is 35.5. The zero-order valence-corrected chi connectivity index (χ0v) is 11.1. The maximum Gasteiger partial charge on any atom is 0.193 e. The topological polar surface area (TPSA) is 17.1 Å². The predicted octanol–water partition coefficient (Wildman–Crippen LogP) is 4.07. The normalized spacial score (nSPS) is 8.76. The summed E-state index contributed by atoms with van der Waals surface area (Å²) in [7, 11) is 0. The minimum absolute atomic E-state index is 0. The van der Waals surface area contributed by atoms with Crippen LogP contribution in [0.15, 0.2) is 54.6 Å². The second kappa shape index (κ2) is 7.10. The summed E-state index contributed by atoms with van der Waals surface area (Å²) in [4.78, 5) is 12.1. The van der Waals surface area contributed by atoms with Crippen LogP contribution in [0, 0.1) is 6.92 Å². The first kappa shape index (κ1) is 15.7. The SMILES string of the molecule is Cc1ccccc1C(=O)c1ccccc1.Cl.Cl. The molecular formula is C14H14Cl2O. The van der Waals surface area contributed by atoms with Crippen molar-refractivity contribution in [1.82, 2.24) is 0 Å². The van der Waals surface area contributed by atoms with Crippen LogP contribution < -0.4 is 0 Å². The van der Waals surface area contributed by atoms with E-state index in [0.29, 0.717) is 0 Å². The quantitative estimate of drug-likeness (QED) is 0.751. The highest BCUT2D eigenvalue weighted by Crippen LogP contribution is 2.13. The van der Waals surface area contributed by atoms with Crippen LogP contribution in [-0.2, 0) is 0 Å². The first-order valence-electron chi connectivity index (χ1n) is 4.94. The van der Waals surface area contributed by atoms with Crippen molar-refractivity contribution in [2.45, 2.75) is 6.92 Å². The molecule has 2 aromatic carbocycles. The second-order valence-corrected chi connectivity index (χ2v) is 3.51. The minimum atomic E-state index is 0.